The van der Waals surface area contributed by atoms with Gasteiger partial charge >= 0.3 is 0 Å². The highest BCUT2D eigenvalue weighted by Crippen LogP contribution is 2.48. The molecule has 0 atom stereocenters. The summed E-state index contributed by atoms with van der Waals surface area (Å²) in [7, 11) is 0. The number of nitrogens with zero attached hydrogens (tertiary/aromatic N) is 1. The zero-order chi connectivity index (χ0) is 36.3. The van der Waals surface area contributed by atoms with Crippen molar-refractivity contribution >= 4 is 65.4 Å². The first-order chi connectivity index (χ1) is 27.3. The standard InChI is InChI=1S/C54H37N/c1-4-16-36(17-5-1)40-32-41(37-18-6-2-7-19-37)34-42(33-40)38-28-30-43(31-29-38)55-51-27-15-14-26-48(51)53-52-46-24-12-10-22-44(46)49(39-20-8-3-9-21-39)35-50(52)45-23-11-13-25-47(45)54(53)55/h1-28,30,32-35H,29,31H2. The number of benzene rings is 9. The Morgan fingerprint density at radius 2 is 0.855 bits per heavy atom. The molecule has 0 bridgehead atoms. The van der Waals surface area contributed by atoms with Gasteiger partial charge in [-0.1, -0.05) is 164 Å². The highest BCUT2D eigenvalue weighted by Gasteiger charge is 2.23. The predicted molar refractivity (Wildman–Crippen MR) is 236 cm³/mol. The maximum absolute atomic E-state index is 2.58. The lowest BCUT2D eigenvalue weighted by Gasteiger charge is -2.20. The number of rotatable bonds is 5. The molecule has 11 rings (SSSR count). The van der Waals surface area contributed by atoms with Gasteiger partial charge < -0.3 is 4.57 Å². The summed E-state index contributed by atoms with van der Waals surface area (Å²) in [4.78, 5) is 0. The first-order valence-corrected chi connectivity index (χ1v) is 19.3. The molecule has 0 saturated heterocycles. The minimum Gasteiger partial charge on any atom is -0.312 e. The van der Waals surface area contributed by atoms with Crippen molar-refractivity contribution in [3.8, 4) is 33.4 Å². The third-order valence-corrected chi connectivity index (χ3v) is 11.7. The van der Waals surface area contributed by atoms with Crippen LogP contribution in [0.25, 0.3) is 98.8 Å². The van der Waals surface area contributed by atoms with Crippen molar-refractivity contribution in [2.75, 3.05) is 0 Å². The molecule has 0 radical (unpaired) electrons. The number of fused-ring (bicyclic) bond motifs is 10. The Hall–Kier alpha value is -6.96. The molecule has 258 valence electrons. The van der Waals surface area contributed by atoms with Crippen LogP contribution in [0.2, 0.25) is 0 Å². The molecule has 0 aliphatic heterocycles. The van der Waals surface area contributed by atoms with Gasteiger partial charge in [-0.05, 0) is 115 Å². The average molecular weight is 700 g/mol. The SMILES string of the molecule is C1=C(c2cc(-c3ccccc3)cc(-c3ccccc3)c2)CCC(n2c3ccccc3c3c4c5ccccc5c(-c5ccccc5)cc4c4ccccc4c32)=C1. The molecular formula is C54H37N. The van der Waals surface area contributed by atoms with Gasteiger partial charge in [0.15, 0.2) is 0 Å². The van der Waals surface area contributed by atoms with E-state index in [0.29, 0.717) is 0 Å². The highest BCUT2D eigenvalue weighted by molar-refractivity contribution is 6.38. The van der Waals surface area contributed by atoms with Crippen LogP contribution in [-0.4, -0.2) is 4.57 Å². The molecule has 1 nitrogen and oxygen atoms in total. The van der Waals surface area contributed by atoms with Crippen LogP contribution in [0.3, 0.4) is 0 Å². The molecule has 55 heavy (non-hydrogen) atoms. The van der Waals surface area contributed by atoms with Crippen LogP contribution in [0.1, 0.15) is 18.4 Å². The van der Waals surface area contributed by atoms with Crippen molar-refractivity contribution in [2.24, 2.45) is 0 Å². The zero-order valence-corrected chi connectivity index (χ0v) is 30.4. The summed E-state index contributed by atoms with van der Waals surface area (Å²) in [5.41, 5.74) is 14.0. The van der Waals surface area contributed by atoms with Gasteiger partial charge in [0.05, 0.1) is 11.0 Å². The Balaban J connectivity index is 1.16. The quantitative estimate of drug-likeness (QED) is 0.158. The highest BCUT2D eigenvalue weighted by atomic mass is 15.0. The number of hydrogen-bond acceptors (Lipinski definition) is 0. The van der Waals surface area contributed by atoms with Gasteiger partial charge in [-0.2, -0.15) is 0 Å². The van der Waals surface area contributed by atoms with Gasteiger partial charge in [-0.3, -0.25) is 0 Å². The lowest BCUT2D eigenvalue weighted by atomic mass is 9.88. The maximum atomic E-state index is 2.58. The fourth-order valence-corrected chi connectivity index (χ4v) is 9.15. The summed E-state index contributed by atoms with van der Waals surface area (Å²) in [5.74, 6) is 0. The van der Waals surface area contributed by atoms with E-state index >= 15 is 0 Å². The van der Waals surface area contributed by atoms with Gasteiger partial charge in [-0.15, -0.1) is 0 Å². The molecule has 0 fully saturated rings. The lowest BCUT2D eigenvalue weighted by molar-refractivity contribution is 0.994. The van der Waals surface area contributed by atoms with E-state index in [-0.39, 0.29) is 0 Å². The second kappa shape index (κ2) is 12.9. The maximum Gasteiger partial charge on any atom is 0.0622 e. The molecule has 1 aliphatic carbocycles. The number of allylic oxidation sites excluding steroid dienone is 4. The van der Waals surface area contributed by atoms with Crippen LogP contribution in [-0.2, 0) is 0 Å². The molecule has 1 heteroatoms. The van der Waals surface area contributed by atoms with E-state index < -0.39 is 0 Å². The van der Waals surface area contributed by atoms with E-state index in [9.17, 15) is 0 Å². The molecule has 0 unspecified atom stereocenters. The van der Waals surface area contributed by atoms with Gasteiger partial charge in [0.1, 0.15) is 0 Å². The molecule has 0 saturated carbocycles. The summed E-state index contributed by atoms with van der Waals surface area (Å²) in [6.45, 7) is 0. The fourth-order valence-electron chi connectivity index (χ4n) is 9.15. The number of hydrogen-bond donors (Lipinski definition) is 0. The van der Waals surface area contributed by atoms with Crippen LogP contribution < -0.4 is 0 Å². The molecule has 1 aromatic heterocycles. The number of aromatic nitrogens is 1. The third-order valence-electron chi connectivity index (χ3n) is 11.7. The Labute approximate surface area is 320 Å². The first kappa shape index (κ1) is 31.6. The van der Waals surface area contributed by atoms with Crippen LogP contribution in [0.4, 0.5) is 0 Å². The topological polar surface area (TPSA) is 4.93 Å². The molecule has 10 aromatic rings. The summed E-state index contributed by atoms with van der Waals surface area (Å²) in [6, 6.07) is 69.0. The zero-order valence-electron chi connectivity index (χ0n) is 30.4. The first-order valence-electron chi connectivity index (χ1n) is 19.3. The predicted octanol–water partition coefficient (Wildman–Crippen LogP) is 15.0. The average Bonchev–Trinajstić information content (AvgIpc) is 3.62. The fraction of sp³-hybridized carbons (Fsp3) is 0.0370. The Morgan fingerprint density at radius 3 is 1.49 bits per heavy atom. The molecule has 1 aliphatic rings. The summed E-state index contributed by atoms with van der Waals surface area (Å²) < 4.78 is 2.58. The monoisotopic (exact) mass is 699 g/mol. The summed E-state index contributed by atoms with van der Waals surface area (Å²) >= 11 is 0. The van der Waals surface area contributed by atoms with Crippen molar-refractivity contribution in [3.63, 3.8) is 0 Å². The smallest absolute Gasteiger partial charge is 0.0622 e. The molecular weight excluding hydrogens is 663 g/mol. The van der Waals surface area contributed by atoms with E-state index in [2.05, 4.69) is 205 Å². The molecule has 0 N–H and O–H groups in total. The van der Waals surface area contributed by atoms with E-state index in [0.717, 1.165) is 12.8 Å². The third kappa shape index (κ3) is 5.16. The van der Waals surface area contributed by atoms with Gasteiger partial charge in [-0.25, -0.2) is 0 Å². The Morgan fingerprint density at radius 1 is 0.327 bits per heavy atom. The van der Waals surface area contributed by atoms with Crippen LogP contribution >= 0.6 is 0 Å². The molecule has 1 heterocycles. The van der Waals surface area contributed by atoms with E-state index in [1.54, 1.807) is 0 Å². The van der Waals surface area contributed by atoms with Crippen molar-refractivity contribution in [1.29, 1.82) is 0 Å². The van der Waals surface area contributed by atoms with Crippen molar-refractivity contribution in [1.82, 2.24) is 4.57 Å². The van der Waals surface area contributed by atoms with Gasteiger partial charge in [0.25, 0.3) is 0 Å². The summed E-state index contributed by atoms with van der Waals surface area (Å²) in [5, 5.41) is 10.4. The Bertz CT molecular complexity index is 3110. The normalized spacial score (nSPS) is 13.2. The van der Waals surface area contributed by atoms with Gasteiger partial charge in [0, 0.05) is 27.2 Å². The second-order valence-corrected chi connectivity index (χ2v) is 14.8. The Kier molecular flexibility index (Phi) is 7.38. The van der Waals surface area contributed by atoms with Crippen molar-refractivity contribution in [2.45, 2.75) is 12.8 Å². The lowest BCUT2D eigenvalue weighted by Crippen LogP contribution is -2.02. The molecule has 0 amide bonds. The van der Waals surface area contributed by atoms with Crippen molar-refractivity contribution < 1.29 is 0 Å². The van der Waals surface area contributed by atoms with E-state index in [1.165, 1.54) is 104 Å². The molecule has 0 spiro atoms. The van der Waals surface area contributed by atoms with E-state index in [1.807, 2.05) is 0 Å². The number of para-hydroxylation sites is 1. The van der Waals surface area contributed by atoms with Crippen molar-refractivity contribution in [3.05, 3.63) is 206 Å². The minimum absolute atomic E-state index is 0.940. The van der Waals surface area contributed by atoms with Crippen LogP contribution in [0.5, 0.6) is 0 Å². The minimum atomic E-state index is 0.940. The van der Waals surface area contributed by atoms with Crippen LogP contribution in [0.15, 0.2) is 200 Å². The van der Waals surface area contributed by atoms with Gasteiger partial charge in [0.2, 0.25) is 0 Å². The largest absolute Gasteiger partial charge is 0.312 e. The van der Waals surface area contributed by atoms with Crippen LogP contribution in [0, 0.1) is 0 Å². The summed E-state index contributed by atoms with van der Waals surface area (Å²) in [6.07, 6.45) is 6.66. The van der Waals surface area contributed by atoms with E-state index in [4.69, 9.17) is 0 Å². The molecule has 9 aromatic carbocycles. The second-order valence-electron chi connectivity index (χ2n) is 14.8.